The van der Waals surface area contributed by atoms with E-state index in [0.717, 1.165) is 30.3 Å². The second kappa shape index (κ2) is 8.37. The first kappa shape index (κ1) is 17.1. The lowest BCUT2D eigenvalue weighted by atomic mass is 10.3. The average Bonchev–Trinajstić information content (AvgIpc) is 3.20. The standard InChI is InChI=1S/C19H23N3O3/c1-24-16-5-7-17(8-6-16)25-13-10-20-19(23)18-9-4-15(14-21-18)22-11-2-3-12-22/h4-9,14H,2-3,10-13H2,1H3,(H,20,23). The number of carbonyl (C=O) groups excluding carboxylic acids is 1. The van der Waals surface area contributed by atoms with Gasteiger partial charge in [-0.05, 0) is 49.2 Å². The molecule has 0 aliphatic carbocycles. The molecule has 2 aromatic rings. The van der Waals surface area contributed by atoms with E-state index in [9.17, 15) is 4.79 Å². The first-order chi connectivity index (χ1) is 12.3. The van der Waals surface area contributed by atoms with E-state index in [2.05, 4.69) is 15.2 Å². The molecule has 0 unspecified atom stereocenters. The molecule has 25 heavy (non-hydrogen) atoms. The molecule has 0 radical (unpaired) electrons. The van der Waals surface area contributed by atoms with Crippen LogP contribution in [0.1, 0.15) is 23.3 Å². The maximum absolute atomic E-state index is 12.1. The third-order valence-corrected chi connectivity index (χ3v) is 4.17. The summed E-state index contributed by atoms with van der Waals surface area (Å²) in [6, 6.07) is 11.1. The van der Waals surface area contributed by atoms with Gasteiger partial charge in [-0.1, -0.05) is 0 Å². The Kier molecular flexibility index (Phi) is 5.72. The van der Waals surface area contributed by atoms with Crippen molar-refractivity contribution in [1.29, 1.82) is 0 Å². The van der Waals surface area contributed by atoms with Gasteiger partial charge in [-0.2, -0.15) is 0 Å². The molecule has 132 valence electrons. The van der Waals surface area contributed by atoms with Crippen LogP contribution in [0.4, 0.5) is 5.69 Å². The van der Waals surface area contributed by atoms with Gasteiger partial charge in [0.15, 0.2) is 0 Å². The summed E-state index contributed by atoms with van der Waals surface area (Å²) in [5.41, 5.74) is 1.50. The Balaban J connectivity index is 1.42. The number of nitrogens with zero attached hydrogens (tertiary/aromatic N) is 2. The maximum atomic E-state index is 12.1. The topological polar surface area (TPSA) is 63.7 Å². The molecular formula is C19H23N3O3. The number of rotatable bonds is 7. The van der Waals surface area contributed by atoms with Gasteiger partial charge in [0.25, 0.3) is 5.91 Å². The number of methoxy groups -OCH3 is 1. The molecule has 1 aromatic carbocycles. The van der Waals surface area contributed by atoms with Crippen LogP contribution in [0.2, 0.25) is 0 Å². The first-order valence-electron chi connectivity index (χ1n) is 8.52. The molecule has 1 amide bonds. The number of ether oxygens (including phenoxy) is 2. The van der Waals surface area contributed by atoms with Crippen molar-refractivity contribution in [2.24, 2.45) is 0 Å². The molecule has 1 aromatic heterocycles. The average molecular weight is 341 g/mol. The second-order valence-electron chi connectivity index (χ2n) is 5.88. The molecule has 1 fully saturated rings. The summed E-state index contributed by atoms with van der Waals surface area (Å²) < 4.78 is 10.7. The van der Waals surface area contributed by atoms with Crippen LogP contribution in [0.5, 0.6) is 11.5 Å². The Morgan fingerprint density at radius 1 is 1.12 bits per heavy atom. The van der Waals surface area contributed by atoms with E-state index in [-0.39, 0.29) is 5.91 Å². The smallest absolute Gasteiger partial charge is 0.269 e. The van der Waals surface area contributed by atoms with Crippen molar-refractivity contribution in [3.05, 3.63) is 48.3 Å². The largest absolute Gasteiger partial charge is 0.497 e. The van der Waals surface area contributed by atoms with Crippen LogP contribution < -0.4 is 19.7 Å². The number of hydrogen-bond donors (Lipinski definition) is 1. The highest BCUT2D eigenvalue weighted by Gasteiger charge is 2.13. The van der Waals surface area contributed by atoms with Crippen molar-refractivity contribution in [2.75, 3.05) is 38.3 Å². The van der Waals surface area contributed by atoms with Crippen molar-refractivity contribution in [3.8, 4) is 11.5 Å². The van der Waals surface area contributed by atoms with E-state index in [1.165, 1.54) is 12.8 Å². The highest BCUT2D eigenvalue weighted by molar-refractivity contribution is 5.92. The van der Waals surface area contributed by atoms with Crippen LogP contribution in [-0.2, 0) is 0 Å². The van der Waals surface area contributed by atoms with Crippen LogP contribution >= 0.6 is 0 Å². The fraction of sp³-hybridized carbons (Fsp3) is 0.368. The Morgan fingerprint density at radius 2 is 1.84 bits per heavy atom. The summed E-state index contributed by atoms with van der Waals surface area (Å²) >= 11 is 0. The van der Waals surface area contributed by atoms with Gasteiger partial charge in [0, 0.05) is 13.1 Å². The lowest BCUT2D eigenvalue weighted by Crippen LogP contribution is -2.29. The minimum Gasteiger partial charge on any atom is -0.497 e. The summed E-state index contributed by atoms with van der Waals surface area (Å²) in [6.07, 6.45) is 4.21. The third-order valence-electron chi connectivity index (χ3n) is 4.17. The zero-order chi connectivity index (χ0) is 17.5. The molecule has 0 saturated carbocycles. The maximum Gasteiger partial charge on any atom is 0.269 e. The monoisotopic (exact) mass is 341 g/mol. The lowest BCUT2D eigenvalue weighted by Gasteiger charge is -2.17. The van der Waals surface area contributed by atoms with Crippen molar-refractivity contribution in [1.82, 2.24) is 10.3 Å². The molecule has 0 bridgehead atoms. The highest BCUT2D eigenvalue weighted by Crippen LogP contribution is 2.19. The summed E-state index contributed by atoms with van der Waals surface area (Å²) in [7, 11) is 1.62. The number of anilines is 1. The van der Waals surface area contributed by atoms with Gasteiger partial charge in [0.2, 0.25) is 0 Å². The predicted octanol–water partition coefficient (Wildman–Crippen LogP) is 2.50. The second-order valence-corrected chi connectivity index (χ2v) is 5.88. The molecule has 0 spiro atoms. The molecular weight excluding hydrogens is 318 g/mol. The molecule has 1 N–H and O–H groups in total. The van der Waals surface area contributed by atoms with Gasteiger partial charge in [-0.3, -0.25) is 4.79 Å². The van der Waals surface area contributed by atoms with E-state index < -0.39 is 0 Å². The van der Waals surface area contributed by atoms with Gasteiger partial charge in [0.05, 0.1) is 25.5 Å². The minimum atomic E-state index is -0.189. The highest BCUT2D eigenvalue weighted by atomic mass is 16.5. The number of carbonyl (C=O) groups is 1. The normalized spacial score (nSPS) is 13.6. The first-order valence-corrected chi connectivity index (χ1v) is 8.52. The van der Waals surface area contributed by atoms with Gasteiger partial charge in [0.1, 0.15) is 23.8 Å². The number of nitrogens with one attached hydrogen (secondary N) is 1. The Labute approximate surface area is 147 Å². The number of benzene rings is 1. The zero-order valence-corrected chi connectivity index (χ0v) is 14.4. The van der Waals surface area contributed by atoms with Gasteiger partial charge in [-0.25, -0.2) is 4.98 Å². The van der Waals surface area contributed by atoms with E-state index in [4.69, 9.17) is 9.47 Å². The van der Waals surface area contributed by atoms with Crippen LogP contribution in [-0.4, -0.2) is 44.2 Å². The minimum absolute atomic E-state index is 0.189. The molecule has 6 heteroatoms. The summed E-state index contributed by atoms with van der Waals surface area (Å²) in [5.74, 6) is 1.33. The summed E-state index contributed by atoms with van der Waals surface area (Å²) in [4.78, 5) is 18.7. The Hall–Kier alpha value is -2.76. The Morgan fingerprint density at radius 3 is 2.48 bits per heavy atom. The van der Waals surface area contributed by atoms with E-state index in [1.807, 2.05) is 30.3 Å². The number of aromatic nitrogens is 1. The van der Waals surface area contributed by atoms with Crippen molar-refractivity contribution in [2.45, 2.75) is 12.8 Å². The molecule has 0 atom stereocenters. The van der Waals surface area contributed by atoms with Crippen molar-refractivity contribution < 1.29 is 14.3 Å². The molecule has 1 saturated heterocycles. The zero-order valence-electron chi connectivity index (χ0n) is 14.4. The number of pyridine rings is 1. The quantitative estimate of drug-likeness (QED) is 0.784. The molecule has 1 aliphatic rings. The molecule has 6 nitrogen and oxygen atoms in total. The fourth-order valence-electron chi connectivity index (χ4n) is 2.78. The predicted molar refractivity (Wildman–Crippen MR) is 96.5 cm³/mol. The van der Waals surface area contributed by atoms with Crippen LogP contribution in [0, 0.1) is 0 Å². The van der Waals surface area contributed by atoms with Crippen molar-refractivity contribution in [3.63, 3.8) is 0 Å². The van der Waals surface area contributed by atoms with E-state index in [0.29, 0.717) is 18.8 Å². The summed E-state index contributed by atoms with van der Waals surface area (Å²) in [6.45, 7) is 2.94. The fourth-order valence-corrected chi connectivity index (χ4v) is 2.78. The molecule has 2 heterocycles. The van der Waals surface area contributed by atoms with Gasteiger partial charge in [-0.15, -0.1) is 0 Å². The SMILES string of the molecule is COc1ccc(OCCNC(=O)c2ccc(N3CCCC3)cn2)cc1. The van der Waals surface area contributed by atoms with Crippen LogP contribution in [0.3, 0.4) is 0 Å². The van der Waals surface area contributed by atoms with Gasteiger partial charge < -0.3 is 19.7 Å². The number of hydrogen-bond acceptors (Lipinski definition) is 5. The van der Waals surface area contributed by atoms with Crippen LogP contribution in [0.15, 0.2) is 42.6 Å². The Bertz CT molecular complexity index is 680. The lowest BCUT2D eigenvalue weighted by molar-refractivity contribution is 0.0942. The van der Waals surface area contributed by atoms with Crippen LogP contribution in [0.25, 0.3) is 0 Å². The van der Waals surface area contributed by atoms with E-state index in [1.54, 1.807) is 19.4 Å². The van der Waals surface area contributed by atoms with Gasteiger partial charge >= 0.3 is 0 Å². The number of amides is 1. The molecule has 1 aliphatic heterocycles. The third kappa shape index (κ3) is 4.62. The molecule has 3 rings (SSSR count). The van der Waals surface area contributed by atoms with Crippen molar-refractivity contribution >= 4 is 11.6 Å². The van der Waals surface area contributed by atoms with E-state index >= 15 is 0 Å². The summed E-state index contributed by atoms with van der Waals surface area (Å²) in [5, 5.41) is 2.82.